The smallest absolute Gasteiger partial charge is 0.202 e. The van der Waals surface area contributed by atoms with E-state index in [2.05, 4.69) is 0 Å². The number of hydrogen-bond acceptors (Lipinski definition) is 7. The summed E-state index contributed by atoms with van der Waals surface area (Å²) in [6.07, 6.45) is -0.197. The molecule has 0 fully saturated rings. The van der Waals surface area contributed by atoms with E-state index in [4.69, 9.17) is 0 Å². The fourth-order valence-electron chi connectivity index (χ4n) is 3.97. The van der Waals surface area contributed by atoms with Crippen molar-refractivity contribution in [3.63, 3.8) is 0 Å². The average molecular weight is 368 g/mol. The zero-order chi connectivity index (χ0) is 19.7. The summed E-state index contributed by atoms with van der Waals surface area (Å²) < 4.78 is 0. The number of ketones is 3. The van der Waals surface area contributed by atoms with E-state index in [1.165, 1.54) is 25.1 Å². The molecule has 2 aliphatic carbocycles. The highest BCUT2D eigenvalue weighted by Gasteiger charge is 2.44. The van der Waals surface area contributed by atoms with Crippen LogP contribution < -0.4 is 0 Å². The van der Waals surface area contributed by atoms with Crippen LogP contribution >= 0.6 is 0 Å². The van der Waals surface area contributed by atoms with Crippen molar-refractivity contribution in [2.24, 2.45) is 0 Å². The van der Waals surface area contributed by atoms with E-state index < -0.39 is 34.4 Å². The van der Waals surface area contributed by atoms with Crippen LogP contribution in [-0.2, 0) is 17.6 Å². The number of fused-ring (bicyclic) bond motifs is 3. The second-order valence-electron chi connectivity index (χ2n) is 7.03. The highest BCUT2D eigenvalue weighted by Crippen LogP contribution is 2.47. The van der Waals surface area contributed by atoms with Crippen LogP contribution in [-0.4, -0.2) is 43.4 Å². The highest BCUT2D eigenvalue weighted by molar-refractivity contribution is 6.31. The van der Waals surface area contributed by atoms with Gasteiger partial charge in [-0.2, -0.15) is 0 Å². The van der Waals surface area contributed by atoms with Crippen molar-refractivity contribution in [2.45, 2.75) is 31.8 Å². The maximum Gasteiger partial charge on any atom is 0.202 e. The zero-order valence-corrected chi connectivity index (χ0v) is 14.4. The van der Waals surface area contributed by atoms with Crippen molar-refractivity contribution >= 4 is 17.3 Å². The molecule has 138 valence electrons. The largest absolute Gasteiger partial charge is 0.507 e. The summed E-state index contributed by atoms with van der Waals surface area (Å²) in [5, 5.41) is 41.9. The average Bonchev–Trinajstić information content (AvgIpc) is 2.62. The van der Waals surface area contributed by atoms with Gasteiger partial charge in [0.2, 0.25) is 5.78 Å². The van der Waals surface area contributed by atoms with Crippen molar-refractivity contribution in [3.8, 4) is 17.2 Å². The maximum absolute atomic E-state index is 12.9. The molecule has 0 bridgehead atoms. The first-order chi connectivity index (χ1) is 12.7. The van der Waals surface area contributed by atoms with Crippen LogP contribution in [0.15, 0.2) is 18.2 Å². The van der Waals surface area contributed by atoms with Crippen LogP contribution in [0.2, 0.25) is 0 Å². The molecular weight excluding hydrogens is 352 g/mol. The molecule has 1 atom stereocenters. The molecule has 0 amide bonds. The SMILES string of the molecule is CC(=O)[C@@]1(O)CCc2c(O)c3c(c(O)c2C1)C(=O)c1cccc(O)c1C3=O. The number of carbonyl (C=O) groups excluding carboxylic acids is 3. The third-order valence-corrected chi connectivity index (χ3v) is 5.54. The molecule has 4 N–H and O–H groups in total. The summed E-state index contributed by atoms with van der Waals surface area (Å²) in [6, 6.07) is 4.01. The molecule has 4 rings (SSSR count). The molecule has 2 aromatic rings. The Bertz CT molecular complexity index is 1070. The van der Waals surface area contributed by atoms with E-state index in [9.17, 15) is 34.8 Å². The second kappa shape index (κ2) is 5.40. The lowest BCUT2D eigenvalue weighted by Gasteiger charge is -2.33. The minimum atomic E-state index is -1.71. The highest BCUT2D eigenvalue weighted by atomic mass is 16.3. The van der Waals surface area contributed by atoms with Crippen LogP contribution in [0.3, 0.4) is 0 Å². The molecule has 0 heterocycles. The number of Topliss-reactive ketones (excluding diaryl/α,β-unsaturated/α-hetero) is 1. The van der Waals surface area contributed by atoms with Crippen LogP contribution in [0.5, 0.6) is 17.2 Å². The fraction of sp³-hybridized carbons (Fsp3) is 0.250. The molecule has 0 aromatic heterocycles. The summed E-state index contributed by atoms with van der Waals surface area (Å²) in [4.78, 5) is 37.6. The predicted molar refractivity (Wildman–Crippen MR) is 92.4 cm³/mol. The van der Waals surface area contributed by atoms with Gasteiger partial charge in [0.05, 0.1) is 16.7 Å². The van der Waals surface area contributed by atoms with E-state index in [0.717, 1.165) is 0 Å². The second-order valence-corrected chi connectivity index (χ2v) is 7.03. The standard InChI is InChI=1S/C20H16O7/c1-8(21)20(27)6-5-9-11(7-20)18(25)14-15(16(9)23)19(26)13-10(17(14)24)3-2-4-12(13)22/h2-4,22-23,25,27H,5-7H2,1H3/t20-/m1/s1. The molecule has 0 saturated heterocycles. The summed E-state index contributed by atoms with van der Waals surface area (Å²) in [6.45, 7) is 1.23. The van der Waals surface area contributed by atoms with Gasteiger partial charge in [-0.05, 0) is 25.8 Å². The first-order valence-electron chi connectivity index (χ1n) is 8.42. The summed E-state index contributed by atoms with van der Waals surface area (Å²) in [5.74, 6) is -3.34. The van der Waals surface area contributed by atoms with Crippen molar-refractivity contribution in [1.29, 1.82) is 0 Å². The topological polar surface area (TPSA) is 132 Å². The number of aromatic hydroxyl groups is 3. The maximum atomic E-state index is 12.9. The third-order valence-electron chi connectivity index (χ3n) is 5.54. The molecule has 0 aliphatic heterocycles. The lowest BCUT2D eigenvalue weighted by molar-refractivity contribution is -0.136. The molecule has 27 heavy (non-hydrogen) atoms. The molecule has 0 radical (unpaired) electrons. The van der Waals surface area contributed by atoms with Gasteiger partial charge in [0.1, 0.15) is 22.8 Å². The van der Waals surface area contributed by atoms with E-state index >= 15 is 0 Å². The minimum absolute atomic E-state index is 0.0189. The number of carbonyl (C=O) groups is 3. The molecule has 0 unspecified atom stereocenters. The Morgan fingerprint density at radius 1 is 0.963 bits per heavy atom. The molecule has 2 aliphatic rings. The predicted octanol–water partition coefficient (Wildman–Crippen LogP) is 1.39. The van der Waals surface area contributed by atoms with Crippen LogP contribution in [0.4, 0.5) is 0 Å². The molecule has 7 heteroatoms. The van der Waals surface area contributed by atoms with Crippen molar-refractivity contribution in [2.75, 3.05) is 0 Å². The molecule has 0 spiro atoms. The number of phenols is 3. The fourth-order valence-corrected chi connectivity index (χ4v) is 3.97. The van der Waals surface area contributed by atoms with Gasteiger partial charge in [-0.15, -0.1) is 0 Å². The van der Waals surface area contributed by atoms with Gasteiger partial charge >= 0.3 is 0 Å². The van der Waals surface area contributed by atoms with Gasteiger partial charge in [0.15, 0.2) is 11.6 Å². The van der Waals surface area contributed by atoms with Crippen LogP contribution in [0, 0.1) is 0 Å². The number of benzene rings is 2. The number of aliphatic hydroxyl groups is 1. The Hall–Kier alpha value is -3.19. The molecular formula is C20H16O7. The van der Waals surface area contributed by atoms with E-state index in [1.54, 1.807) is 0 Å². The summed E-state index contributed by atoms with van der Waals surface area (Å²) in [7, 11) is 0. The zero-order valence-electron chi connectivity index (χ0n) is 14.4. The van der Waals surface area contributed by atoms with Gasteiger partial charge in [-0.3, -0.25) is 14.4 Å². The van der Waals surface area contributed by atoms with Gasteiger partial charge in [0, 0.05) is 23.1 Å². The quantitative estimate of drug-likeness (QED) is 0.477. The number of phenolic OH excluding ortho intramolecular Hbond substituents is 3. The van der Waals surface area contributed by atoms with Gasteiger partial charge < -0.3 is 20.4 Å². The first-order valence-corrected chi connectivity index (χ1v) is 8.42. The van der Waals surface area contributed by atoms with Crippen LogP contribution in [0.25, 0.3) is 0 Å². The Morgan fingerprint density at radius 2 is 1.59 bits per heavy atom. The normalized spacial score (nSPS) is 20.7. The van der Waals surface area contributed by atoms with Crippen molar-refractivity contribution < 1.29 is 34.8 Å². The lowest BCUT2D eigenvalue weighted by atomic mass is 9.73. The number of rotatable bonds is 1. The van der Waals surface area contributed by atoms with Gasteiger partial charge in [-0.1, -0.05) is 12.1 Å². The van der Waals surface area contributed by atoms with Gasteiger partial charge in [-0.25, -0.2) is 0 Å². The monoisotopic (exact) mass is 368 g/mol. The van der Waals surface area contributed by atoms with E-state index in [-0.39, 0.29) is 58.4 Å². The van der Waals surface area contributed by atoms with Crippen LogP contribution in [0.1, 0.15) is 56.3 Å². The molecule has 0 saturated carbocycles. The van der Waals surface area contributed by atoms with E-state index in [1.807, 2.05) is 0 Å². The first kappa shape index (κ1) is 17.2. The Kier molecular flexibility index (Phi) is 3.45. The third kappa shape index (κ3) is 2.15. The number of hydrogen-bond donors (Lipinski definition) is 4. The summed E-state index contributed by atoms with van der Waals surface area (Å²) in [5.41, 5.74) is -2.44. The lowest BCUT2D eigenvalue weighted by Crippen LogP contribution is -2.42. The molecule has 2 aromatic carbocycles. The summed E-state index contributed by atoms with van der Waals surface area (Å²) >= 11 is 0. The van der Waals surface area contributed by atoms with Gasteiger partial charge in [0.25, 0.3) is 0 Å². The Morgan fingerprint density at radius 3 is 2.26 bits per heavy atom. The van der Waals surface area contributed by atoms with Crippen molar-refractivity contribution in [1.82, 2.24) is 0 Å². The van der Waals surface area contributed by atoms with Crippen molar-refractivity contribution in [3.05, 3.63) is 51.6 Å². The Labute approximate surface area is 153 Å². The Balaban J connectivity index is 2.01. The molecule has 7 nitrogen and oxygen atoms in total. The minimum Gasteiger partial charge on any atom is -0.507 e. The van der Waals surface area contributed by atoms with E-state index in [0.29, 0.717) is 0 Å².